The summed E-state index contributed by atoms with van der Waals surface area (Å²) in [5.74, 6) is -0.262. The van der Waals surface area contributed by atoms with Crippen LogP contribution >= 0.6 is 11.5 Å². The highest BCUT2D eigenvalue weighted by molar-refractivity contribution is 7.10. The van der Waals surface area contributed by atoms with E-state index >= 15 is 0 Å². The van der Waals surface area contributed by atoms with Gasteiger partial charge in [0.2, 0.25) is 5.88 Å². The molecule has 1 aliphatic rings. The maximum absolute atomic E-state index is 12.9. The van der Waals surface area contributed by atoms with Gasteiger partial charge in [-0.1, -0.05) is 0 Å². The Kier molecular flexibility index (Phi) is 8.54. The number of carbonyl (C=O) groups excluding carboxylic acids is 1. The molecule has 0 aliphatic carbocycles. The van der Waals surface area contributed by atoms with Gasteiger partial charge in [-0.2, -0.15) is 30.7 Å². The summed E-state index contributed by atoms with van der Waals surface area (Å²) in [6.45, 7) is 2.46. The van der Waals surface area contributed by atoms with Gasteiger partial charge >= 0.3 is 12.4 Å². The van der Waals surface area contributed by atoms with E-state index in [1.807, 2.05) is 0 Å². The van der Waals surface area contributed by atoms with Gasteiger partial charge in [0, 0.05) is 19.2 Å². The minimum atomic E-state index is -4.63. The van der Waals surface area contributed by atoms with Crippen LogP contribution in [0.15, 0.2) is 30.7 Å². The summed E-state index contributed by atoms with van der Waals surface area (Å²) in [5, 5.41) is 5.71. The first kappa shape index (κ1) is 28.5. The van der Waals surface area contributed by atoms with Gasteiger partial charge in [-0.05, 0) is 43.9 Å². The molecule has 1 saturated heterocycles. The number of piperidine rings is 1. The Balaban J connectivity index is 1.35. The smallest absolute Gasteiger partial charge is 0.434 e. The minimum Gasteiger partial charge on any atom is -0.473 e. The Morgan fingerprint density at radius 1 is 1.13 bits per heavy atom. The van der Waals surface area contributed by atoms with Crippen LogP contribution in [-0.4, -0.2) is 62.0 Å². The number of aromatic nitrogens is 4. The maximum atomic E-state index is 12.9. The van der Waals surface area contributed by atoms with E-state index in [-0.39, 0.29) is 34.9 Å². The van der Waals surface area contributed by atoms with Crippen LogP contribution in [0.25, 0.3) is 0 Å². The van der Waals surface area contributed by atoms with E-state index < -0.39 is 30.4 Å². The number of anilines is 3. The van der Waals surface area contributed by atoms with Crippen LogP contribution in [0, 0.1) is 6.92 Å². The van der Waals surface area contributed by atoms with Gasteiger partial charge in [0.15, 0.2) is 5.69 Å². The van der Waals surface area contributed by atoms with Crippen LogP contribution < -0.4 is 15.4 Å². The number of carbonyl (C=O) groups is 1. The van der Waals surface area contributed by atoms with E-state index in [2.05, 4.69) is 30.0 Å². The molecule has 0 saturated carbocycles. The Morgan fingerprint density at radius 3 is 2.56 bits per heavy atom. The van der Waals surface area contributed by atoms with E-state index in [4.69, 9.17) is 4.74 Å². The average Bonchev–Trinajstić information content (AvgIpc) is 3.23. The van der Waals surface area contributed by atoms with Crippen molar-refractivity contribution in [1.29, 1.82) is 0 Å². The van der Waals surface area contributed by atoms with Crippen molar-refractivity contribution in [2.45, 2.75) is 44.6 Å². The second kappa shape index (κ2) is 11.7. The molecule has 210 valence electrons. The predicted octanol–water partition coefficient (Wildman–Crippen LogP) is 5.45. The second-order valence-corrected chi connectivity index (χ2v) is 9.54. The predicted molar refractivity (Wildman–Crippen MR) is 130 cm³/mol. The molecule has 3 aromatic heterocycles. The number of nitrogens with one attached hydrogen (secondary N) is 2. The molecule has 4 rings (SSSR count). The summed E-state index contributed by atoms with van der Waals surface area (Å²) < 4.78 is 85.7. The molecule has 4 heterocycles. The number of aryl methyl sites for hydroxylation is 1. The lowest BCUT2D eigenvalue weighted by Crippen LogP contribution is -2.42. The molecule has 0 bridgehead atoms. The number of rotatable bonds is 8. The summed E-state index contributed by atoms with van der Waals surface area (Å²) in [7, 11) is 0. The average molecular weight is 576 g/mol. The second-order valence-electron chi connectivity index (χ2n) is 8.77. The number of alkyl halides is 6. The fourth-order valence-electron chi connectivity index (χ4n) is 3.86. The van der Waals surface area contributed by atoms with Gasteiger partial charge in [0.25, 0.3) is 5.91 Å². The first-order valence-electron chi connectivity index (χ1n) is 11.7. The highest BCUT2D eigenvalue weighted by Crippen LogP contribution is 2.30. The zero-order valence-electron chi connectivity index (χ0n) is 20.4. The number of hydrogen-bond donors (Lipinski definition) is 2. The Bertz CT molecular complexity index is 1270. The lowest BCUT2D eigenvalue weighted by Gasteiger charge is -2.32. The van der Waals surface area contributed by atoms with Crippen molar-refractivity contribution in [3.63, 3.8) is 0 Å². The summed E-state index contributed by atoms with van der Waals surface area (Å²) >= 11 is 0.932. The van der Waals surface area contributed by atoms with Crippen molar-refractivity contribution in [2.24, 2.45) is 0 Å². The van der Waals surface area contributed by atoms with E-state index in [9.17, 15) is 31.1 Å². The van der Waals surface area contributed by atoms with Gasteiger partial charge in [0.05, 0.1) is 42.0 Å². The normalized spacial score (nSPS) is 16.6. The lowest BCUT2D eigenvalue weighted by molar-refractivity contribution is -0.141. The maximum Gasteiger partial charge on any atom is 0.434 e. The Hall–Kier alpha value is -3.53. The molecule has 3 aromatic rings. The quantitative estimate of drug-likeness (QED) is 0.342. The highest BCUT2D eigenvalue weighted by atomic mass is 32.1. The lowest BCUT2D eigenvalue weighted by atomic mass is 10.1. The van der Waals surface area contributed by atoms with Crippen LogP contribution in [0.4, 0.5) is 42.8 Å². The van der Waals surface area contributed by atoms with Gasteiger partial charge in [-0.3, -0.25) is 9.69 Å². The Labute approximate surface area is 222 Å². The van der Waals surface area contributed by atoms with Gasteiger partial charge in [-0.15, -0.1) is 0 Å². The van der Waals surface area contributed by atoms with E-state index in [1.54, 1.807) is 24.0 Å². The van der Waals surface area contributed by atoms with Crippen molar-refractivity contribution in [2.75, 3.05) is 30.3 Å². The number of pyridine rings is 1. The first-order valence-corrected chi connectivity index (χ1v) is 12.5. The van der Waals surface area contributed by atoms with Crippen molar-refractivity contribution in [3.05, 3.63) is 47.7 Å². The summed E-state index contributed by atoms with van der Waals surface area (Å²) in [4.78, 5) is 25.9. The molecule has 1 amide bonds. The standard InChI is InChI=1S/C23H23F6N7O2S/c1-13-19(21(39-35-13)34-17-11-30-16(10-31-17)23(27,28)29)20(37)33-14-4-5-18(32-9-14)38-15-3-2-7-36(12-15)8-6-22(24,25)26/h4-5,9-11,15H,2-3,6-8,12H2,1H3,(H,31,34)(H,33,37)/t15-/m1/s1. The molecule has 16 heteroatoms. The van der Waals surface area contributed by atoms with E-state index in [0.29, 0.717) is 43.5 Å². The molecular weight excluding hydrogens is 552 g/mol. The molecule has 1 aliphatic heterocycles. The topological polar surface area (TPSA) is 105 Å². The molecule has 2 N–H and O–H groups in total. The molecule has 9 nitrogen and oxygen atoms in total. The SMILES string of the molecule is Cc1nsc(Nc2cnc(C(F)(F)F)cn2)c1C(=O)Nc1ccc(O[C@@H]2CCCN(CCC(F)(F)F)C2)nc1. The third-order valence-corrected chi connectivity index (χ3v) is 6.58. The molecule has 1 fully saturated rings. The number of halogens is 6. The molecule has 39 heavy (non-hydrogen) atoms. The molecular formula is C23H23F6N7O2S. The molecule has 0 spiro atoms. The number of nitrogens with zero attached hydrogens (tertiary/aromatic N) is 5. The van der Waals surface area contributed by atoms with Crippen molar-refractivity contribution in [1.82, 2.24) is 24.2 Å². The van der Waals surface area contributed by atoms with Crippen LogP contribution in [0.2, 0.25) is 0 Å². The Morgan fingerprint density at radius 2 is 1.92 bits per heavy atom. The number of ether oxygens (including phenoxy) is 1. The zero-order valence-corrected chi connectivity index (χ0v) is 21.3. The molecule has 0 aromatic carbocycles. The third kappa shape index (κ3) is 7.98. The molecule has 0 unspecified atom stereocenters. The van der Waals surface area contributed by atoms with E-state index in [0.717, 1.165) is 17.7 Å². The monoisotopic (exact) mass is 575 g/mol. The van der Waals surface area contributed by atoms with Crippen LogP contribution in [0.3, 0.4) is 0 Å². The fraction of sp³-hybridized carbons (Fsp3) is 0.435. The minimum absolute atomic E-state index is 0.00329. The third-order valence-electron chi connectivity index (χ3n) is 5.73. The van der Waals surface area contributed by atoms with Crippen molar-refractivity contribution >= 4 is 33.9 Å². The van der Waals surface area contributed by atoms with Crippen LogP contribution in [0.5, 0.6) is 5.88 Å². The number of likely N-dealkylation sites (tertiary alicyclic amines) is 1. The highest BCUT2D eigenvalue weighted by Gasteiger charge is 2.33. The molecule has 1 atom stereocenters. The summed E-state index contributed by atoms with van der Waals surface area (Å²) in [6, 6.07) is 3.11. The first-order chi connectivity index (χ1) is 18.4. The van der Waals surface area contributed by atoms with Crippen molar-refractivity contribution in [3.8, 4) is 5.88 Å². The zero-order chi connectivity index (χ0) is 28.2. The van der Waals surface area contributed by atoms with Crippen molar-refractivity contribution < 1.29 is 35.9 Å². The molecule has 0 radical (unpaired) electrons. The largest absolute Gasteiger partial charge is 0.473 e. The number of amides is 1. The van der Waals surface area contributed by atoms with Gasteiger partial charge in [0.1, 0.15) is 16.9 Å². The summed E-state index contributed by atoms with van der Waals surface area (Å²) in [5.41, 5.74) is -0.245. The summed E-state index contributed by atoms with van der Waals surface area (Å²) in [6.07, 6.45) is -5.75. The number of hydrogen-bond acceptors (Lipinski definition) is 9. The van der Waals surface area contributed by atoms with Crippen LogP contribution in [0.1, 0.15) is 41.0 Å². The fourth-order valence-corrected chi connectivity index (χ4v) is 4.66. The van der Waals surface area contributed by atoms with Crippen LogP contribution in [-0.2, 0) is 6.18 Å². The van der Waals surface area contributed by atoms with E-state index in [1.165, 1.54) is 6.20 Å². The van der Waals surface area contributed by atoms with Gasteiger partial charge < -0.3 is 15.4 Å². The van der Waals surface area contributed by atoms with Gasteiger partial charge in [-0.25, -0.2) is 15.0 Å².